The van der Waals surface area contributed by atoms with Gasteiger partial charge in [-0.05, 0) is 30.3 Å². The zero-order chi connectivity index (χ0) is 19.1. The fourth-order valence-corrected chi connectivity index (χ4v) is 3.39. The number of hydrogen-bond acceptors (Lipinski definition) is 6. The molecular weight excluding hydrogens is 432 g/mol. The van der Waals surface area contributed by atoms with Gasteiger partial charge in [0.2, 0.25) is 0 Å². The van der Waals surface area contributed by atoms with Crippen LogP contribution in [0.1, 0.15) is 0 Å². The smallest absolute Gasteiger partial charge is 0.289 e. The second kappa shape index (κ2) is 9.34. The van der Waals surface area contributed by atoms with Crippen molar-refractivity contribution in [3.63, 3.8) is 0 Å². The first-order valence-electron chi connectivity index (χ1n) is 6.89. The van der Waals surface area contributed by atoms with Gasteiger partial charge < -0.3 is 0 Å². The van der Waals surface area contributed by atoms with Crippen LogP contribution >= 0.6 is 0 Å². The average Bonchev–Trinajstić information content (AvgIpc) is 2.95. The first-order chi connectivity index (χ1) is 12.1. The summed E-state index contributed by atoms with van der Waals surface area (Å²) in [6, 6.07) is 8.49. The molecule has 2 heterocycles. The van der Waals surface area contributed by atoms with Gasteiger partial charge in [0.05, 0.1) is 26.9 Å². The van der Waals surface area contributed by atoms with Crippen LogP contribution in [0.4, 0.5) is 0 Å². The summed E-state index contributed by atoms with van der Waals surface area (Å²) in [5, 5.41) is 2.66. The topological polar surface area (TPSA) is 159 Å². The first kappa shape index (κ1) is 25.2. The predicted octanol–water partition coefficient (Wildman–Crippen LogP) is -5.27. The zero-order valence-corrected chi connectivity index (χ0v) is 20.4. The van der Waals surface area contributed by atoms with E-state index in [1.54, 1.807) is 18.2 Å². The first-order valence-corrected chi connectivity index (χ1v) is 9.78. The summed E-state index contributed by atoms with van der Waals surface area (Å²) >= 11 is 0. The van der Waals surface area contributed by atoms with E-state index in [-0.39, 0.29) is 64.8 Å². The Morgan fingerprint density at radius 2 is 1.46 bits per heavy atom. The van der Waals surface area contributed by atoms with Gasteiger partial charge in [-0.3, -0.25) is 24.0 Å². The monoisotopic (exact) mass is 443 g/mol. The molecule has 14 heteroatoms. The van der Waals surface area contributed by atoms with Gasteiger partial charge in [-0.1, -0.05) is 6.07 Å². The van der Waals surface area contributed by atoms with Gasteiger partial charge in [0.1, 0.15) is 0 Å². The molecule has 0 saturated carbocycles. The molecule has 0 unspecified atom stereocenters. The van der Waals surface area contributed by atoms with E-state index in [1.165, 1.54) is 12.3 Å². The molecular formula is C14H11N3Na2O7S2+2. The third kappa shape index (κ3) is 5.63. The summed E-state index contributed by atoms with van der Waals surface area (Å²) < 4.78 is 64.8. The van der Waals surface area contributed by atoms with Crippen molar-refractivity contribution in [2.45, 2.75) is 9.79 Å². The largest absolute Gasteiger partial charge is 1.00 e. The number of aromatic nitrogens is 3. The van der Waals surface area contributed by atoms with Crippen LogP contribution in [0.3, 0.4) is 0 Å². The van der Waals surface area contributed by atoms with Crippen molar-refractivity contribution in [1.29, 1.82) is 0 Å². The summed E-state index contributed by atoms with van der Waals surface area (Å²) in [4.78, 5) is 14.7. The molecule has 10 nitrogen and oxygen atoms in total. The van der Waals surface area contributed by atoms with Gasteiger partial charge in [0, 0.05) is 12.3 Å². The molecule has 0 atom stereocenters. The Labute approximate surface area is 204 Å². The number of nitrogens with one attached hydrogen (secondary N) is 1. The van der Waals surface area contributed by atoms with Gasteiger partial charge in [-0.15, -0.1) is 0 Å². The zero-order valence-electron chi connectivity index (χ0n) is 14.8. The third-order valence-corrected chi connectivity index (χ3v) is 5.04. The van der Waals surface area contributed by atoms with E-state index < -0.39 is 35.6 Å². The Balaban J connectivity index is 0.00000196. The van der Waals surface area contributed by atoms with E-state index in [0.717, 1.165) is 16.8 Å². The summed E-state index contributed by atoms with van der Waals surface area (Å²) in [7, 11) is -9.58. The summed E-state index contributed by atoms with van der Waals surface area (Å²) in [6.07, 6.45) is 1.50. The fourth-order valence-electron chi connectivity index (χ4n) is 2.22. The number of benzene rings is 1. The van der Waals surface area contributed by atoms with Crippen LogP contribution in [-0.4, -0.2) is 40.7 Å². The Morgan fingerprint density at radius 3 is 1.93 bits per heavy atom. The SMILES string of the molecule is O=c1cc(-c2ccccn2)[nH]n1-c1cc(S(=O)(=O)O)cc(S(=O)(=O)O)c1.[Na+].[Na+]. The maximum absolute atomic E-state index is 12.2. The van der Waals surface area contributed by atoms with Gasteiger partial charge >= 0.3 is 59.1 Å². The second-order valence-corrected chi connectivity index (χ2v) is 8.01. The molecule has 136 valence electrons. The van der Waals surface area contributed by atoms with Gasteiger partial charge in [0.25, 0.3) is 25.8 Å². The maximum Gasteiger partial charge on any atom is 1.00 e. The molecule has 3 aromatic rings. The van der Waals surface area contributed by atoms with Gasteiger partial charge in [-0.2, -0.15) is 16.8 Å². The molecule has 0 fully saturated rings. The van der Waals surface area contributed by atoms with E-state index in [2.05, 4.69) is 10.1 Å². The van der Waals surface area contributed by atoms with Crippen molar-refractivity contribution >= 4 is 20.2 Å². The van der Waals surface area contributed by atoms with E-state index in [1.807, 2.05) is 0 Å². The number of rotatable bonds is 4. The van der Waals surface area contributed by atoms with Crippen LogP contribution in [0.2, 0.25) is 0 Å². The van der Waals surface area contributed by atoms with Gasteiger partial charge in [0.15, 0.2) is 0 Å². The summed E-state index contributed by atoms with van der Waals surface area (Å²) in [6.45, 7) is 0. The summed E-state index contributed by atoms with van der Waals surface area (Å²) in [5.74, 6) is 0. The average molecular weight is 443 g/mol. The van der Waals surface area contributed by atoms with Crippen LogP contribution in [0.15, 0.2) is 63.2 Å². The molecule has 0 amide bonds. The van der Waals surface area contributed by atoms with Crippen molar-refractivity contribution in [2.75, 3.05) is 0 Å². The van der Waals surface area contributed by atoms with Crippen molar-refractivity contribution in [1.82, 2.24) is 14.8 Å². The minimum absolute atomic E-state index is 0. The van der Waals surface area contributed by atoms with E-state index in [9.17, 15) is 30.7 Å². The number of hydrogen-bond donors (Lipinski definition) is 3. The minimum atomic E-state index is -4.79. The molecule has 0 aliphatic rings. The van der Waals surface area contributed by atoms with E-state index in [4.69, 9.17) is 0 Å². The molecule has 0 aliphatic heterocycles. The Kier molecular flexibility index (Phi) is 8.42. The molecule has 1 aromatic carbocycles. The Morgan fingerprint density at radius 1 is 0.893 bits per heavy atom. The molecule has 0 spiro atoms. The minimum Gasteiger partial charge on any atom is -0.289 e. The fraction of sp³-hybridized carbons (Fsp3) is 0. The molecule has 2 aromatic heterocycles. The Hall–Kier alpha value is -0.800. The number of H-pyrrole nitrogens is 1. The summed E-state index contributed by atoms with van der Waals surface area (Å²) in [5.41, 5.74) is -0.148. The second-order valence-electron chi connectivity index (χ2n) is 5.17. The van der Waals surface area contributed by atoms with Crippen LogP contribution in [0.5, 0.6) is 0 Å². The molecule has 0 saturated heterocycles. The van der Waals surface area contributed by atoms with Crippen molar-refractivity contribution < 1.29 is 85.1 Å². The molecule has 3 N–H and O–H groups in total. The number of nitrogens with zero attached hydrogens (tertiary/aromatic N) is 2. The predicted molar refractivity (Wildman–Crippen MR) is 89.2 cm³/mol. The van der Waals surface area contributed by atoms with E-state index in [0.29, 0.717) is 17.5 Å². The molecule has 3 rings (SSSR count). The maximum atomic E-state index is 12.2. The number of pyridine rings is 1. The normalized spacial score (nSPS) is 11.4. The van der Waals surface area contributed by atoms with Crippen LogP contribution < -0.4 is 64.7 Å². The third-order valence-electron chi connectivity index (χ3n) is 3.38. The number of aromatic amines is 1. The quantitative estimate of drug-likeness (QED) is 0.266. The molecule has 0 bridgehead atoms. The van der Waals surface area contributed by atoms with Gasteiger partial charge in [-0.25, -0.2) is 4.68 Å². The van der Waals surface area contributed by atoms with Crippen molar-refractivity contribution in [3.8, 4) is 17.1 Å². The van der Waals surface area contributed by atoms with Crippen LogP contribution in [0, 0.1) is 0 Å². The van der Waals surface area contributed by atoms with Crippen molar-refractivity contribution in [2.24, 2.45) is 0 Å². The molecule has 0 aliphatic carbocycles. The Bertz CT molecular complexity index is 1200. The van der Waals surface area contributed by atoms with Crippen molar-refractivity contribution in [3.05, 3.63) is 59.0 Å². The molecule has 0 radical (unpaired) electrons. The van der Waals surface area contributed by atoms with E-state index >= 15 is 0 Å². The van der Waals surface area contributed by atoms with Crippen LogP contribution in [-0.2, 0) is 20.2 Å². The van der Waals surface area contributed by atoms with Crippen LogP contribution in [0.25, 0.3) is 17.1 Å². The standard InChI is InChI=1S/C14H11N3O7S2.2Na/c18-14-8-13(12-3-1-2-4-15-12)16-17(14)9-5-10(25(19,20)21)7-11(6-9)26(22,23)24;;/h1-8,16H,(H,19,20,21)(H,22,23,24);;/q;2*+1. The molecule has 28 heavy (non-hydrogen) atoms.